The van der Waals surface area contributed by atoms with Crippen LogP contribution in [0.5, 0.6) is 0 Å². The van der Waals surface area contributed by atoms with Crippen molar-refractivity contribution in [3.8, 4) is 0 Å². The standard InChI is InChI=1S/C40H71O10P/c1-3-5-7-9-11-13-15-17-18-20-22-24-26-28-30-32-40(44)50-38(36-49-51(45,46)48-34-37(42)33-41)35-47-39(43)31-29-27-25-23-21-19-16-14-12-10-8-6-4-2/h11,13-14,16-18,22,24,37-38,41-42H,3-10,12,15,19-21,23,25-36H2,1-2H3,(H,45,46). The Morgan fingerprint density at radius 1 is 0.588 bits per heavy atom. The van der Waals surface area contributed by atoms with Crippen molar-refractivity contribution in [3.63, 3.8) is 0 Å². The molecule has 0 aromatic rings. The number of ether oxygens (including phenoxy) is 2. The van der Waals surface area contributed by atoms with Gasteiger partial charge in [-0.25, -0.2) is 4.57 Å². The van der Waals surface area contributed by atoms with Gasteiger partial charge in [-0.3, -0.25) is 18.6 Å². The number of unbranched alkanes of at least 4 members (excludes halogenated alkanes) is 14. The van der Waals surface area contributed by atoms with Crippen molar-refractivity contribution in [2.75, 3.05) is 26.4 Å². The van der Waals surface area contributed by atoms with Gasteiger partial charge in [0.05, 0.1) is 19.8 Å². The number of aliphatic hydroxyl groups excluding tert-OH is 2. The lowest BCUT2D eigenvalue weighted by Gasteiger charge is -2.20. The second-order valence-corrected chi connectivity index (χ2v) is 14.4. The van der Waals surface area contributed by atoms with Crippen LogP contribution in [0.1, 0.15) is 155 Å². The number of phosphoric ester groups is 1. The molecule has 3 atom stereocenters. The molecule has 51 heavy (non-hydrogen) atoms. The van der Waals surface area contributed by atoms with E-state index >= 15 is 0 Å². The summed E-state index contributed by atoms with van der Waals surface area (Å²) in [4.78, 5) is 34.8. The van der Waals surface area contributed by atoms with Crippen LogP contribution < -0.4 is 0 Å². The topological polar surface area (TPSA) is 149 Å². The number of allylic oxidation sites excluding steroid dienone is 8. The maximum absolute atomic E-state index is 12.5. The molecule has 0 spiro atoms. The normalized spacial score (nSPS) is 14.5. The van der Waals surface area contributed by atoms with Gasteiger partial charge in [-0.2, -0.15) is 0 Å². The molecule has 0 radical (unpaired) electrons. The molecule has 0 aliphatic heterocycles. The van der Waals surface area contributed by atoms with Gasteiger partial charge in [-0.05, 0) is 77.0 Å². The summed E-state index contributed by atoms with van der Waals surface area (Å²) in [5.41, 5.74) is 0. The fourth-order valence-electron chi connectivity index (χ4n) is 4.87. The third-order valence-corrected chi connectivity index (χ3v) is 8.91. The number of rotatable bonds is 36. The number of hydrogen-bond donors (Lipinski definition) is 3. The summed E-state index contributed by atoms with van der Waals surface area (Å²) in [5.74, 6) is -0.984. The molecular weight excluding hydrogens is 671 g/mol. The van der Waals surface area contributed by atoms with E-state index in [1.807, 2.05) is 0 Å². The monoisotopic (exact) mass is 742 g/mol. The predicted octanol–water partition coefficient (Wildman–Crippen LogP) is 9.77. The molecule has 0 fully saturated rings. The molecule has 3 N–H and O–H groups in total. The van der Waals surface area contributed by atoms with Gasteiger partial charge in [0.2, 0.25) is 0 Å². The highest BCUT2D eigenvalue weighted by Crippen LogP contribution is 2.43. The zero-order valence-electron chi connectivity index (χ0n) is 31.8. The summed E-state index contributed by atoms with van der Waals surface area (Å²) in [5, 5.41) is 18.3. The maximum atomic E-state index is 12.5. The van der Waals surface area contributed by atoms with Gasteiger partial charge in [0.1, 0.15) is 12.7 Å². The van der Waals surface area contributed by atoms with Crippen LogP contribution in [-0.4, -0.2) is 65.7 Å². The number of carbonyl (C=O) groups is 2. The Kier molecular flexibility index (Phi) is 34.8. The zero-order valence-corrected chi connectivity index (χ0v) is 32.7. The van der Waals surface area contributed by atoms with Gasteiger partial charge in [0.15, 0.2) is 6.10 Å². The van der Waals surface area contributed by atoms with Gasteiger partial charge in [-0.15, -0.1) is 0 Å². The first-order valence-corrected chi connectivity index (χ1v) is 21.1. The van der Waals surface area contributed by atoms with Gasteiger partial charge in [-0.1, -0.05) is 114 Å². The Hall–Kier alpha value is -2.07. The highest BCUT2D eigenvalue weighted by atomic mass is 31.2. The van der Waals surface area contributed by atoms with E-state index in [4.69, 9.17) is 19.1 Å². The van der Waals surface area contributed by atoms with Crippen LogP contribution in [0.2, 0.25) is 0 Å². The van der Waals surface area contributed by atoms with Gasteiger partial charge >= 0.3 is 19.8 Å². The third kappa shape index (κ3) is 36.1. The minimum absolute atomic E-state index is 0.132. The lowest BCUT2D eigenvalue weighted by Crippen LogP contribution is -2.29. The van der Waals surface area contributed by atoms with Gasteiger partial charge in [0, 0.05) is 12.8 Å². The summed E-state index contributed by atoms with van der Waals surface area (Å²) in [6, 6.07) is 0. The average molecular weight is 743 g/mol. The molecule has 0 saturated carbocycles. The second-order valence-electron chi connectivity index (χ2n) is 12.9. The summed E-state index contributed by atoms with van der Waals surface area (Å²) in [6.45, 7) is 2.26. The van der Waals surface area contributed by atoms with Crippen LogP contribution in [0.15, 0.2) is 48.6 Å². The first-order chi connectivity index (χ1) is 24.7. The predicted molar refractivity (Wildman–Crippen MR) is 205 cm³/mol. The number of carbonyl (C=O) groups excluding carboxylic acids is 2. The van der Waals surface area contributed by atoms with Crippen molar-refractivity contribution >= 4 is 19.8 Å². The molecule has 3 unspecified atom stereocenters. The van der Waals surface area contributed by atoms with Crippen LogP contribution in [-0.2, 0) is 32.7 Å². The first kappa shape index (κ1) is 48.9. The molecule has 0 amide bonds. The summed E-state index contributed by atoms with van der Waals surface area (Å²) < 4.78 is 32.5. The Balaban J connectivity index is 4.46. The van der Waals surface area contributed by atoms with Crippen LogP contribution in [0, 0.1) is 0 Å². The van der Waals surface area contributed by atoms with E-state index in [9.17, 15) is 24.2 Å². The van der Waals surface area contributed by atoms with E-state index in [0.29, 0.717) is 12.8 Å². The molecule has 0 heterocycles. The van der Waals surface area contributed by atoms with Crippen molar-refractivity contribution in [1.82, 2.24) is 0 Å². The van der Waals surface area contributed by atoms with E-state index in [0.717, 1.165) is 70.6 Å². The Morgan fingerprint density at radius 3 is 1.63 bits per heavy atom. The minimum Gasteiger partial charge on any atom is -0.462 e. The summed E-state index contributed by atoms with van der Waals surface area (Å²) >= 11 is 0. The molecule has 0 rings (SSSR count). The van der Waals surface area contributed by atoms with Gasteiger partial charge in [0.25, 0.3) is 0 Å². The zero-order chi connectivity index (χ0) is 37.7. The highest BCUT2D eigenvalue weighted by Gasteiger charge is 2.27. The fraction of sp³-hybridized carbons (Fsp3) is 0.750. The number of hydrogen-bond acceptors (Lipinski definition) is 9. The first-order valence-electron chi connectivity index (χ1n) is 19.6. The number of phosphoric acid groups is 1. The molecule has 0 bridgehead atoms. The SMILES string of the molecule is CCCCCC=CCC=CCC=CCCCCC(=O)OC(COC(=O)CCCCCCCC=CCCCCCC)COP(=O)(O)OCC(O)CO. The number of aliphatic hydroxyl groups is 2. The second kappa shape index (κ2) is 36.3. The van der Waals surface area contributed by atoms with Crippen LogP contribution in [0.25, 0.3) is 0 Å². The highest BCUT2D eigenvalue weighted by molar-refractivity contribution is 7.47. The molecular formula is C40H71O10P. The Bertz CT molecular complexity index is 994. The molecule has 10 nitrogen and oxygen atoms in total. The van der Waals surface area contributed by atoms with Crippen molar-refractivity contribution in [2.45, 2.75) is 167 Å². The molecule has 0 aromatic heterocycles. The fourth-order valence-corrected chi connectivity index (χ4v) is 5.66. The Morgan fingerprint density at radius 2 is 1.02 bits per heavy atom. The lowest BCUT2D eigenvalue weighted by atomic mass is 10.1. The molecule has 0 aliphatic rings. The van der Waals surface area contributed by atoms with Crippen molar-refractivity contribution in [2.24, 2.45) is 0 Å². The van der Waals surface area contributed by atoms with E-state index in [-0.39, 0.29) is 19.4 Å². The van der Waals surface area contributed by atoms with E-state index < -0.39 is 51.8 Å². The van der Waals surface area contributed by atoms with Crippen LogP contribution in [0.4, 0.5) is 0 Å². The molecule has 296 valence electrons. The van der Waals surface area contributed by atoms with Crippen LogP contribution >= 0.6 is 7.82 Å². The Labute approximate surface area is 309 Å². The quantitative estimate of drug-likeness (QED) is 0.0245. The van der Waals surface area contributed by atoms with Crippen molar-refractivity contribution < 1.29 is 47.8 Å². The number of esters is 2. The average Bonchev–Trinajstić information content (AvgIpc) is 3.12. The van der Waals surface area contributed by atoms with E-state index in [1.165, 1.54) is 44.9 Å². The lowest BCUT2D eigenvalue weighted by molar-refractivity contribution is -0.161. The van der Waals surface area contributed by atoms with Crippen molar-refractivity contribution in [3.05, 3.63) is 48.6 Å². The minimum atomic E-state index is -4.62. The molecule has 11 heteroatoms. The molecule has 0 aromatic carbocycles. The molecule has 0 aliphatic carbocycles. The van der Waals surface area contributed by atoms with Crippen molar-refractivity contribution in [1.29, 1.82) is 0 Å². The maximum Gasteiger partial charge on any atom is 0.472 e. The van der Waals surface area contributed by atoms with Gasteiger partial charge < -0.3 is 24.6 Å². The van der Waals surface area contributed by atoms with E-state index in [2.05, 4.69) is 67.0 Å². The summed E-state index contributed by atoms with van der Waals surface area (Å²) in [6.07, 6.45) is 36.5. The van der Waals surface area contributed by atoms with Crippen LogP contribution in [0.3, 0.4) is 0 Å². The molecule has 0 saturated heterocycles. The third-order valence-electron chi connectivity index (χ3n) is 7.96. The van der Waals surface area contributed by atoms with E-state index in [1.54, 1.807) is 0 Å². The largest absolute Gasteiger partial charge is 0.472 e. The smallest absolute Gasteiger partial charge is 0.462 e. The summed E-state index contributed by atoms with van der Waals surface area (Å²) in [7, 11) is -4.62.